The number of hydrogen-bond donors (Lipinski definition) is 0. The molecule has 1 fully saturated rings. The van der Waals surface area contributed by atoms with Gasteiger partial charge in [-0.05, 0) is 48.6 Å². The lowest BCUT2D eigenvalue weighted by molar-refractivity contribution is 0.369. The maximum absolute atomic E-state index is 5.46. The Bertz CT molecular complexity index is 1270. The van der Waals surface area contributed by atoms with E-state index in [9.17, 15) is 0 Å². The second-order valence-electron chi connectivity index (χ2n) is 7.89. The molecule has 2 aromatic carbocycles. The van der Waals surface area contributed by atoms with Crippen LogP contribution < -0.4 is 4.90 Å². The summed E-state index contributed by atoms with van der Waals surface area (Å²) in [6.07, 6.45) is 4.03. The molecule has 3 aromatic rings. The Morgan fingerprint density at radius 3 is 2.24 bits per heavy atom. The molecule has 1 aromatic heterocycles. The Kier molecular flexibility index (Phi) is 7.25. The number of rotatable bonds is 8. The van der Waals surface area contributed by atoms with Crippen molar-refractivity contribution in [3.8, 4) is 0 Å². The van der Waals surface area contributed by atoms with Gasteiger partial charge >= 0.3 is 0 Å². The first-order valence-electron chi connectivity index (χ1n) is 11.0. The lowest BCUT2D eigenvalue weighted by Gasteiger charge is -2.21. The number of aromatic nitrogens is 1. The molecule has 1 aliphatic heterocycles. The van der Waals surface area contributed by atoms with Crippen molar-refractivity contribution >= 4 is 45.0 Å². The Balaban J connectivity index is 1.59. The van der Waals surface area contributed by atoms with Crippen LogP contribution in [0.4, 0.5) is 5.69 Å². The fourth-order valence-electron chi connectivity index (χ4n) is 3.92. The Morgan fingerprint density at radius 1 is 1.00 bits per heavy atom. The van der Waals surface area contributed by atoms with Gasteiger partial charge in [0, 0.05) is 22.0 Å². The number of benzene rings is 2. The van der Waals surface area contributed by atoms with Crippen molar-refractivity contribution < 1.29 is 4.74 Å². The summed E-state index contributed by atoms with van der Waals surface area (Å²) in [5, 5.41) is 0. The number of thioether (sulfide) groups is 1. The highest BCUT2D eigenvalue weighted by molar-refractivity contribution is 8.09. The minimum Gasteiger partial charge on any atom is -0.495 e. The summed E-state index contributed by atoms with van der Waals surface area (Å²) in [5.74, 6) is 0.550. The van der Waals surface area contributed by atoms with Crippen molar-refractivity contribution in [3.05, 3.63) is 120 Å². The van der Waals surface area contributed by atoms with Crippen LogP contribution in [-0.4, -0.2) is 12.1 Å². The second-order valence-corrected chi connectivity index (χ2v) is 10.2. The third-order valence-corrected chi connectivity index (χ3v) is 7.86. The lowest BCUT2D eigenvalue weighted by Crippen LogP contribution is -2.12. The van der Waals surface area contributed by atoms with E-state index in [2.05, 4.69) is 73.7 Å². The minimum absolute atomic E-state index is 0.550. The van der Waals surface area contributed by atoms with Crippen LogP contribution in [0.15, 0.2) is 103 Å². The molecule has 0 atom stereocenters. The first-order valence-corrected chi connectivity index (χ1v) is 12.6. The van der Waals surface area contributed by atoms with Crippen LogP contribution in [0.25, 0.3) is 16.2 Å². The number of anilines is 1. The molecule has 0 unspecified atom stereocenters. The Hall–Kier alpha value is -3.28. The van der Waals surface area contributed by atoms with Crippen molar-refractivity contribution in [1.82, 2.24) is 4.98 Å². The van der Waals surface area contributed by atoms with Crippen molar-refractivity contribution in [2.45, 2.75) is 24.1 Å². The quantitative estimate of drug-likeness (QED) is 0.236. The van der Waals surface area contributed by atoms with Gasteiger partial charge in [-0.25, -0.2) is 4.98 Å². The molecule has 0 saturated carbocycles. The second kappa shape index (κ2) is 10.3. The van der Waals surface area contributed by atoms with Gasteiger partial charge in [0.1, 0.15) is 11.5 Å². The van der Waals surface area contributed by atoms with Crippen LogP contribution in [0, 0.1) is 0 Å². The van der Waals surface area contributed by atoms with Gasteiger partial charge in [0.25, 0.3) is 0 Å². The molecular formula is C29H28N2OS2. The predicted molar refractivity (Wildman–Crippen MR) is 149 cm³/mol. The fraction of sp³-hybridized carbons (Fsp3) is 0.138. The van der Waals surface area contributed by atoms with E-state index in [0.717, 1.165) is 66.4 Å². The zero-order valence-corrected chi connectivity index (χ0v) is 21.3. The average Bonchev–Trinajstić information content (AvgIpc) is 3.42. The van der Waals surface area contributed by atoms with Crippen LogP contribution in [-0.2, 0) is 4.74 Å². The van der Waals surface area contributed by atoms with E-state index in [-0.39, 0.29) is 0 Å². The van der Waals surface area contributed by atoms with Crippen LogP contribution in [0.1, 0.15) is 41.5 Å². The Morgan fingerprint density at radius 2 is 1.65 bits per heavy atom. The first-order chi connectivity index (χ1) is 16.4. The predicted octanol–water partition coefficient (Wildman–Crippen LogP) is 8.60. The van der Waals surface area contributed by atoms with Crippen molar-refractivity contribution in [1.29, 1.82) is 0 Å². The highest BCUT2D eigenvalue weighted by Gasteiger charge is 2.22. The first kappa shape index (κ1) is 23.9. The van der Waals surface area contributed by atoms with Crippen molar-refractivity contribution in [2.24, 2.45) is 0 Å². The van der Waals surface area contributed by atoms with Crippen LogP contribution in [0.2, 0.25) is 0 Å². The smallest absolute Gasteiger partial charge is 0.156 e. The molecule has 172 valence electrons. The van der Waals surface area contributed by atoms with E-state index in [1.54, 1.807) is 30.2 Å². The summed E-state index contributed by atoms with van der Waals surface area (Å²) in [6.45, 7) is 18.8. The maximum Gasteiger partial charge on any atom is 0.156 e. The number of methoxy groups -OCH3 is 1. The lowest BCUT2D eigenvalue weighted by atomic mass is 10.0. The maximum atomic E-state index is 5.46. The number of thiazole rings is 1. The van der Waals surface area contributed by atoms with Gasteiger partial charge in [-0.2, -0.15) is 0 Å². The summed E-state index contributed by atoms with van der Waals surface area (Å²) < 4.78 is 6.36. The molecule has 1 aliphatic rings. The van der Waals surface area contributed by atoms with Gasteiger partial charge in [-0.1, -0.05) is 86.6 Å². The van der Waals surface area contributed by atoms with E-state index >= 15 is 0 Å². The van der Waals surface area contributed by atoms with E-state index in [1.165, 1.54) is 0 Å². The van der Waals surface area contributed by atoms with E-state index in [0.29, 0.717) is 5.76 Å². The molecular weight excluding hydrogens is 456 g/mol. The summed E-state index contributed by atoms with van der Waals surface area (Å²) in [5.41, 5.74) is 7.33. The van der Waals surface area contributed by atoms with E-state index in [1.807, 2.05) is 25.1 Å². The van der Waals surface area contributed by atoms with Crippen molar-refractivity contribution in [2.75, 3.05) is 12.0 Å². The molecule has 0 radical (unpaired) electrons. The van der Waals surface area contributed by atoms with Gasteiger partial charge in [0.15, 0.2) is 4.34 Å². The topological polar surface area (TPSA) is 25.4 Å². The average molecular weight is 485 g/mol. The Labute approximate surface area is 210 Å². The molecule has 3 nitrogen and oxygen atoms in total. The molecule has 0 N–H and O–H groups in total. The van der Waals surface area contributed by atoms with Gasteiger partial charge < -0.3 is 9.64 Å². The van der Waals surface area contributed by atoms with E-state index in [4.69, 9.17) is 9.72 Å². The van der Waals surface area contributed by atoms with Gasteiger partial charge in [-0.15, -0.1) is 11.3 Å². The van der Waals surface area contributed by atoms with E-state index < -0.39 is 0 Å². The van der Waals surface area contributed by atoms with Gasteiger partial charge in [-0.3, -0.25) is 0 Å². The molecule has 2 heterocycles. The SMILES string of the molecule is C=C(Sc1nc(C(=C)OC)c(/C(=C\C)c2ccccc2)s1)c1ccc(N2C(=C)CCC2=C)cc1. The molecule has 5 heteroatoms. The zero-order valence-electron chi connectivity index (χ0n) is 19.6. The molecule has 34 heavy (non-hydrogen) atoms. The molecule has 0 amide bonds. The molecule has 0 aliphatic carbocycles. The molecule has 0 bridgehead atoms. The standard InChI is InChI=1S/C29H28N2OS2/c1-7-26(24-11-9-8-10-12-24)28-27(21(4)32-6)30-29(34-28)33-22(5)23-15-17-25(18-16-23)31-19(2)13-14-20(31)3/h7-12,15-18H,2-5,13-14H2,1,6H3/b26-7-. The third kappa shape index (κ3) is 4.81. The normalized spacial score (nSPS) is 13.9. The summed E-state index contributed by atoms with van der Waals surface area (Å²) in [6, 6.07) is 18.7. The monoisotopic (exact) mass is 484 g/mol. The van der Waals surface area contributed by atoms with Crippen LogP contribution in [0.3, 0.4) is 0 Å². The molecule has 0 spiro atoms. The number of nitrogens with zero attached hydrogens (tertiary/aromatic N) is 2. The fourth-order valence-corrected chi connectivity index (χ4v) is 6.15. The highest BCUT2D eigenvalue weighted by Crippen LogP contribution is 2.42. The highest BCUT2D eigenvalue weighted by atomic mass is 32.2. The summed E-state index contributed by atoms with van der Waals surface area (Å²) in [7, 11) is 1.63. The number of hydrogen-bond acceptors (Lipinski definition) is 5. The van der Waals surface area contributed by atoms with Gasteiger partial charge in [0.05, 0.1) is 12.0 Å². The largest absolute Gasteiger partial charge is 0.495 e. The third-order valence-electron chi connectivity index (χ3n) is 5.73. The van der Waals surface area contributed by atoms with Crippen molar-refractivity contribution in [3.63, 3.8) is 0 Å². The number of allylic oxidation sites excluding steroid dienone is 3. The molecule has 4 rings (SSSR count). The van der Waals surface area contributed by atoms with Crippen LogP contribution in [0.5, 0.6) is 0 Å². The summed E-state index contributed by atoms with van der Waals surface area (Å²) >= 11 is 3.19. The minimum atomic E-state index is 0.550. The zero-order chi connectivity index (χ0) is 24.2. The summed E-state index contributed by atoms with van der Waals surface area (Å²) in [4.78, 5) is 8.97. The van der Waals surface area contributed by atoms with Crippen LogP contribution >= 0.6 is 23.1 Å². The molecule has 1 saturated heterocycles. The number of ether oxygens (including phenoxy) is 1. The van der Waals surface area contributed by atoms with Gasteiger partial charge in [0.2, 0.25) is 0 Å².